The summed E-state index contributed by atoms with van der Waals surface area (Å²) >= 11 is 7.56. The van der Waals surface area contributed by atoms with Crippen molar-refractivity contribution in [2.75, 3.05) is 0 Å². The van der Waals surface area contributed by atoms with Crippen LogP contribution in [-0.2, 0) is 5.41 Å². The van der Waals surface area contributed by atoms with E-state index in [0.29, 0.717) is 0 Å². The average Bonchev–Trinajstić information content (AvgIpc) is 3.27. The Morgan fingerprint density at radius 3 is 1.28 bits per heavy atom. The van der Waals surface area contributed by atoms with E-state index in [9.17, 15) is 0 Å². The largest absolute Gasteiger partial charge is 0.256 e. The zero-order valence-corrected chi connectivity index (χ0v) is 24.0. The quantitative estimate of drug-likeness (QED) is 0.194. The van der Waals surface area contributed by atoms with Crippen LogP contribution in [0.15, 0.2) is 143 Å². The van der Waals surface area contributed by atoms with Gasteiger partial charge in [-0.05, 0) is 81.9 Å². The highest BCUT2D eigenvalue weighted by molar-refractivity contribution is 9.10. The molecule has 0 saturated heterocycles. The molecular weight excluding hydrogens is 608 g/mol. The SMILES string of the molecule is Brc1ccc2c(c1)C(c1ccc(-c3ccccn3)cc1)(c1ccc(-c3ccccn3)cc1)c1cc(Br)ccc1-2. The third kappa shape index (κ3) is 3.98. The lowest BCUT2D eigenvalue weighted by Crippen LogP contribution is -2.28. The van der Waals surface area contributed by atoms with Gasteiger partial charge in [0.1, 0.15) is 0 Å². The van der Waals surface area contributed by atoms with Gasteiger partial charge >= 0.3 is 0 Å². The van der Waals surface area contributed by atoms with Crippen molar-refractivity contribution in [3.05, 3.63) is 165 Å². The number of aromatic nitrogens is 2. The van der Waals surface area contributed by atoms with Gasteiger partial charge in [0.25, 0.3) is 0 Å². The minimum absolute atomic E-state index is 0.497. The van der Waals surface area contributed by atoms with E-state index in [1.54, 1.807) is 0 Å². The second-order valence-electron chi connectivity index (χ2n) is 9.71. The van der Waals surface area contributed by atoms with Gasteiger partial charge < -0.3 is 0 Å². The molecule has 2 nitrogen and oxygen atoms in total. The normalized spacial score (nSPS) is 13.1. The summed E-state index contributed by atoms with van der Waals surface area (Å²) in [4.78, 5) is 9.13. The van der Waals surface area contributed by atoms with Crippen LogP contribution in [0.25, 0.3) is 33.6 Å². The first-order valence-corrected chi connectivity index (χ1v) is 14.4. The van der Waals surface area contributed by atoms with Crippen LogP contribution in [0.5, 0.6) is 0 Å². The van der Waals surface area contributed by atoms with Crippen molar-refractivity contribution < 1.29 is 0 Å². The molecule has 4 aromatic carbocycles. The third-order valence-corrected chi connectivity index (χ3v) is 8.61. The summed E-state index contributed by atoms with van der Waals surface area (Å²) in [6.45, 7) is 0. The van der Waals surface area contributed by atoms with Gasteiger partial charge in [-0.15, -0.1) is 0 Å². The number of nitrogens with zero attached hydrogens (tertiary/aromatic N) is 2. The molecule has 6 aromatic rings. The van der Waals surface area contributed by atoms with Crippen LogP contribution in [0.1, 0.15) is 22.3 Å². The topological polar surface area (TPSA) is 25.8 Å². The van der Waals surface area contributed by atoms with Crippen molar-refractivity contribution in [2.45, 2.75) is 5.41 Å². The number of rotatable bonds is 4. The summed E-state index contributed by atoms with van der Waals surface area (Å²) in [5.74, 6) is 0. The molecule has 2 aromatic heterocycles. The van der Waals surface area contributed by atoms with E-state index in [0.717, 1.165) is 31.5 Å². The molecule has 4 heteroatoms. The lowest BCUT2D eigenvalue weighted by atomic mass is 9.67. The highest BCUT2D eigenvalue weighted by atomic mass is 79.9. The van der Waals surface area contributed by atoms with E-state index in [4.69, 9.17) is 0 Å². The van der Waals surface area contributed by atoms with Crippen molar-refractivity contribution >= 4 is 31.9 Å². The molecule has 0 radical (unpaired) electrons. The number of halogens is 2. The molecule has 0 fully saturated rings. The molecular formula is C35H22Br2N2. The van der Waals surface area contributed by atoms with Gasteiger partial charge in [-0.1, -0.05) is 105 Å². The van der Waals surface area contributed by atoms with Gasteiger partial charge in [0.15, 0.2) is 0 Å². The molecule has 0 saturated carbocycles. The lowest BCUT2D eigenvalue weighted by Gasteiger charge is -2.34. The second-order valence-corrected chi connectivity index (χ2v) is 11.5. The van der Waals surface area contributed by atoms with Crippen molar-refractivity contribution in [3.8, 4) is 33.6 Å². The minimum Gasteiger partial charge on any atom is -0.256 e. The number of hydrogen-bond donors (Lipinski definition) is 0. The number of benzene rings is 4. The fourth-order valence-corrected chi connectivity index (χ4v) is 6.63. The number of pyridine rings is 2. The maximum atomic E-state index is 4.57. The highest BCUT2D eigenvalue weighted by Gasteiger charge is 2.46. The van der Waals surface area contributed by atoms with Crippen LogP contribution in [-0.4, -0.2) is 9.97 Å². The first-order valence-electron chi connectivity index (χ1n) is 12.8. The molecule has 186 valence electrons. The summed E-state index contributed by atoms with van der Waals surface area (Å²) in [5, 5.41) is 0. The Labute approximate surface area is 244 Å². The maximum absolute atomic E-state index is 4.57. The van der Waals surface area contributed by atoms with E-state index in [1.165, 1.54) is 33.4 Å². The molecule has 0 amide bonds. The lowest BCUT2D eigenvalue weighted by molar-refractivity contribution is 0.767. The molecule has 39 heavy (non-hydrogen) atoms. The Balaban J connectivity index is 1.50. The standard InChI is InChI=1S/C35H22Br2N2/c36-27-15-17-29-30-18-16-28(37)22-32(30)35(31(29)21-27,25-11-7-23(8-12-25)33-5-1-3-19-38-33)26-13-9-24(10-14-26)34-6-2-4-20-39-34/h1-22H. The number of fused-ring (bicyclic) bond motifs is 3. The van der Waals surface area contributed by atoms with Crippen LogP contribution in [0, 0.1) is 0 Å². The van der Waals surface area contributed by atoms with Crippen LogP contribution in [0.3, 0.4) is 0 Å². The zero-order chi connectivity index (χ0) is 26.4. The summed E-state index contributed by atoms with van der Waals surface area (Å²) in [6.07, 6.45) is 3.68. The van der Waals surface area contributed by atoms with E-state index < -0.39 is 5.41 Å². The van der Waals surface area contributed by atoms with Crippen LogP contribution in [0.4, 0.5) is 0 Å². The van der Waals surface area contributed by atoms with Crippen molar-refractivity contribution in [1.29, 1.82) is 0 Å². The van der Waals surface area contributed by atoms with Crippen LogP contribution >= 0.6 is 31.9 Å². The Morgan fingerprint density at radius 1 is 0.462 bits per heavy atom. The van der Waals surface area contributed by atoms with Gasteiger partial charge in [-0.25, -0.2) is 0 Å². The fraction of sp³-hybridized carbons (Fsp3) is 0.0286. The molecule has 0 atom stereocenters. The summed E-state index contributed by atoms with van der Waals surface area (Å²) < 4.78 is 2.13. The summed E-state index contributed by atoms with van der Waals surface area (Å²) in [5.41, 5.74) is 11.1. The molecule has 0 spiro atoms. The molecule has 0 unspecified atom stereocenters. The predicted molar refractivity (Wildman–Crippen MR) is 166 cm³/mol. The third-order valence-electron chi connectivity index (χ3n) is 7.62. The number of hydrogen-bond acceptors (Lipinski definition) is 2. The van der Waals surface area contributed by atoms with Crippen molar-refractivity contribution in [3.63, 3.8) is 0 Å². The molecule has 0 bridgehead atoms. The monoisotopic (exact) mass is 628 g/mol. The van der Waals surface area contributed by atoms with Gasteiger partial charge in [-0.3, -0.25) is 9.97 Å². The fourth-order valence-electron chi connectivity index (χ4n) is 5.91. The zero-order valence-electron chi connectivity index (χ0n) is 20.9. The smallest absolute Gasteiger partial charge is 0.0714 e. The van der Waals surface area contributed by atoms with Crippen LogP contribution in [0.2, 0.25) is 0 Å². The van der Waals surface area contributed by atoms with E-state index in [2.05, 4.69) is 139 Å². The van der Waals surface area contributed by atoms with Crippen molar-refractivity contribution in [1.82, 2.24) is 9.97 Å². The Bertz CT molecular complexity index is 1660. The van der Waals surface area contributed by atoms with Gasteiger partial charge in [0.05, 0.1) is 16.8 Å². The summed E-state index contributed by atoms with van der Waals surface area (Å²) in [6, 6.07) is 43.2. The minimum atomic E-state index is -0.497. The van der Waals surface area contributed by atoms with Gasteiger partial charge in [0, 0.05) is 32.5 Å². The van der Waals surface area contributed by atoms with Crippen molar-refractivity contribution in [2.24, 2.45) is 0 Å². The maximum Gasteiger partial charge on any atom is 0.0714 e. The van der Waals surface area contributed by atoms with Crippen LogP contribution < -0.4 is 0 Å². The molecule has 1 aliphatic rings. The molecule has 0 aliphatic heterocycles. The first kappa shape index (κ1) is 24.2. The predicted octanol–water partition coefficient (Wildman–Crippen LogP) is 9.70. The van der Waals surface area contributed by atoms with E-state index in [-0.39, 0.29) is 0 Å². The average molecular weight is 630 g/mol. The Morgan fingerprint density at radius 2 is 0.897 bits per heavy atom. The highest BCUT2D eigenvalue weighted by Crippen LogP contribution is 2.57. The van der Waals surface area contributed by atoms with E-state index >= 15 is 0 Å². The Kier molecular flexibility index (Phi) is 6.03. The molecule has 1 aliphatic carbocycles. The molecule has 2 heterocycles. The first-order chi connectivity index (χ1) is 19.1. The summed E-state index contributed by atoms with van der Waals surface area (Å²) in [7, 11) is 0. The second kappa shape index (κ2) is 9.71. The van der Waals surface area contributed by atoms with Gasteiger partial charge in [-0.2, -0.15) is 0 Å². The molecule has 0 N–H and O–H groups in total. The van der Waals surface area contributed by atoms with E-state index in [1.807, 2.05) is 36.7 Å². The van der Waals surface area contributed by atoms with Gasteiger partial charge in [0.2, 0.25) is 0 Å². The Hall–Kier alpha value is -3.86. The molecule has 7 rings (SSSR count).